The molecule has 0 aromatic heterocycles. The Morgan fingerprint density at radius 1 is 0.623 bits per heavy atom. The molecule has 262 valence electrons. The van der Waals surface area contributed by atoms with Crippen molar-refractivity contribution in [2.75, 3.05) is 26.4 Å². The molecule has 2 aliphatic rings. The monoisotopic (exact) mass is 698 g/mol. The van der Waals surface area contributed by atoms with E-state index in [9.17, 15) is 9.59 Å². The maximum absolute atomic E-state index is 11.4. The number of esters is 2. The maximum Gasteiger partial charge on any atom is 0.330 e. The largest absolute Gasteiger partial charge is 0.494 e. The molecule has 2 aliphatic carbocycles. The van der Waals surface area contributed by atoms with Crippen molar-refractivity contribution in [2.45, 2.75) is 18.3 Å². The summed E-state index contributed by atoms with van der Waals surface area (Å²) >= 11 is 0. The first-order chi connectivity index (χ1) is 26.0. The van der Waals surface area contributed by atoms with Crippen molar-refractivity contribution in [1.29, 1.82) is 0 Å². The number of rotatable bonds is 12. The molecule has 0 heterocycles. The van der Waals surface area contributed by atoms with E-state index in [2.05, 4.69) is 122 Å². The first-order valence-corrected chi connectivity index (χ1v) is 17.8. The zero-order valence-electron chi connectivity index (χ0n) is 29.3. The summed E-state index contributed by atoms with van der Waals surface area (Å²) in [5, 5.41) is 4.60. The van der Waals surface area contributed by atoms with E-state index in [1.165, 1.54) is 49.7 Å². The third-order valence-corrected chi connectivity index (χ3v) is 10.3. The lowest BCUT2D eigenvalue weighted by molar-refractivity contribution is -0.139. The number of carbonyl (C=O) groups excluding carboxylic acids is 2. The fourth-order valence-electron chi connectivity index (χ4n) is 7.93. The van der Waals surface area contributed by atoms with Crippen LogP contribution in [0.25, 0.3) is 38.7 Å². The minimum absolute atomic E-state index is 0.149. The predicted octanol–water partition coefficient (Wildman–Crippen LogP) is 9.50. The van der Waals surface area contributed by atoms with E-state index in [-0.39, 0.29) is 19.8 Å². The molecular formula is C47H38O6. The number of hydrogen-bond donors (Lipinski definition) is 0. The highest BCUT2D eigenvalue weighted by Crippen LogP contribution is 2.58. The minimum Gasteiger partial charge on any atom is -0.494 e. The average molecular weight is 699 g/mol. The van der Waals surface area contributed by atoms with Gasteiger partial charge in [-0.1, -0.05) is 110 Å². The molecule has 53 heavy (non-hydrogen) atoms. The Morgan fingerprint density at radius 2 is 1.30 bits per heavy atom. The van der Waals surface area contributed by atoms with Gasteiger partial charge in [0, 0.05) is 18.6 Å². The molecule has 0 saturated carbocycles. The number of carbonyl (C=O) groups is 2. The highest BCUT2D eigenvalue weighted by Gasteiger charge is 2.47. The zero-order chi connectivity index (χ0) is 36.4. The van der Waals surface area contributed by atoms with Crippen molar-refractivity contribution >= 4 is 39.6 Å². The highest BCUT2D eigenvalue weighted by atomic mass is 16.6. The summed E-state index contributed by atoms with van der Waals surface area (Å²) in [6.45, 7) is 7.75. The van der Waals surface area contributed by atoms with E-state index in [0.29, 0.717) is 12.4 Å². The normalized spacial score (nSPS) is 15.4. The lowest BCUT2D eigenvalue weighted by atomic mass is 9.66. The standard InChI is InChI=1S/C47H38O6/c1-3-44(48)52-25-23-50-38-20-15-32-27-36(18-13-34(32)29-38)47(37-19-14-35-30-39(21-16-33(35)28-37)51-24-26-53-45(49)4-2)42-12-8-7-11-41(42)46-40-10-6-5-9-31(40)17-22-43(46)47/h3-15,17-20,22,27-30H,1-2,16,21,23-26H2. The number of hydrogen-bond acceptors (Lipinski definition) is 6. The van der Waals surface area contributed by atoms with Crippen LogP contribution >= 0.6 is 0 Å². The SMILES string of the molecule is C=CC(=O)OCCOC1=Cc2ccc(C3(c4ccc5cc(OCCOC(=O)C=C)ccc5c4)c4ccccc4-c4c3ccc3ccccc43)cc2CC1. The smallest absolute Gasteiger partial charge is 0.330 e. The molecule has 8 rings (SSSR count). The van der Waals surface area contributed by atoms with Crippen LogP contribution in [-0.4, -0.2) is 38.4 Å². The Labute approximate surface area is 308 Å². The van der Waals surface area contributed by atoms with Gasteiger partial charge in [-0.3, -0.25) is 0 Å². The van der Waals surface area contributed by atoms with Crippen LogP contribution in [0.5, 0.6) is 5.75 Å². The molecule has 0 N–H and O–H groups in total. The van der Waals surface area contributed by atoms with Crippen LogP contribution < -0.4 is 4.74 Å². The molecule has 0 saturated heterocycles. The second kappa shape index (κ2) is 14.3. The third kappa shape index (κ3) is 6.16. The molecule has 0 aliphatic heterocycles. The van der Waals surface area contributed by atoms with Gasteiger partial charge in [0.1, 0.15) is 32.2 Å². The average Bonchev–Trinajstić information content (AvgIpc) is 3.52. The Morgan fingerprint density at radius 3 is 2.13 bits per heavy atom. The second-order valence-electron chi connectivity index (χ2n) is 13.2. The number of ether oxygens (including phenoxy) is 4. The van der Waals surface area contributed by atoms with Crippen LogP contribution in [0.15, 0.2) is 146 Å². The number of benzene rings is 6. The van der Waals surface area contributed by atoms with Gasteiger partial charge >= 0.3 is 11.9 Å². The Hall–Kier alpha value is -6.40. The van der Waals surface area contributed by atoms with Crippen molar-refractivity contribution < 1.29 is 28.5 Å². The van der Waals surface area contributed by atoms with E-state index in [4.69, 9.17) is 18.9 Å². The molecule has 6 aromatic carbocycles. The lowest BCUT2D eigenvalue weighted by Crippen LogP contribution is -2.29. The molecule has 1 unspecified atom stereocenters. The molecule has 0 fully saturated rings. The molecule has 6 aromatic rings. The van der Waals surface area contributed by atoms with E-state index in [1.807, 2.05) is 12.1 Å². The Balaban J connectivity index is 1.23. The quantitative estimate of drug-likeness (QED) is 0.0720. The number of fused-ring (bicyclic) bond motifs is 7. The summed E-state index contributed by atoms with van der Waals surface area (Å²) in [6, 6.07) is 41.8. The van der Waals surface area contributed by atoms with Gasteiger partial charge in [0.05, 0.1) is 11.2 Å². The van der Waals surface area contributed by atoms with E-state index >= 15 is 0 Å². The van der Waals surface area contributed by atoms with Gasteiger partial charge in [0.2, 0.25) is 0 Å². The van der Waals surface area contributed by atoms with Crippen LogP contribution in [0.1, 0.15) is 39.8 Å². The summed E-state index contributed by atoms with van der Waals surface area (Å²) in [7, 11) is 0. The van der Waals surface area contributed by atoms with Crippen LogP contribution in [-0.2, 0) is 35.6 Å². The van der Waals surface area contributed by atoms with Gasteiger partial charge in [0.25, 0.3) is 0 Å². The summed E-state index contributed by atoms with van der Waals surface area (Å²) < 4.78 is 22.1. The van der Waals surface area contributed by atoms with Gasteiger partial charge in [-0.15, -0.1) is 0 Å². The third-order valence-electron chi connectivity index (χ3n) is 10.3. The molecule has 1 atom stereocenters. The van der Waals surface area contributed by atoms with Gasteiger partial charge in [-0.2, -0.15) is 0 Å². The fourth-order valence-corrected chi connectivity index (χ4v) is 7.93. The van der Waals surface area contributed by atoms with Gasteiger partial charge in [-0.25, -0.2) is 9.59 Å². The fraction of sp³-hybridized carbons (Fsp3) is 0.149. The topological polar surface area (TPSA) is 71.1 Å². The summed E-state index contributed by atoms with van der Waals surface area (Å²) in [6.07, 6.45) is 5.99. The maximum atomic E-state index is 11.4. The van der Waals surface area contributed by atoms with E-state index in [1.54, 1.807) is 0 Å². The van der Waals surface area contributed by atoms with Gasteiger partial charge in [-0.05, 0) is 96.7 Å². The highest BCUT2D eigenvalue weighted by molar-refractivity contribution is 6.04. The van der Waals surface area contributed by atoms with Crippen molar-refractivity contribution in [3.8, 4) is 16.9 Å². The van der Waals surface area contributed by atoms with Crippen molar-refractivity contribution in [1.82, 2.24) is 0 Å². The molecule has 6 nitrogen and oxygen atoms in total. The van der Waals surface area contributed by atoms with E-state index < -0.39 is 17.4 Å². The van der Waals surface area contributed by atoms with Crippen LogP contribution in [0.3, 0.4) is 0 Å². The van der Waals surface area contributed by atoms with Crippen molar-refractivity contribution in [3.63, 3.8) is 0 Å². The second-order valence-corrected chi connectivity index (χ2v) is 13.2. The van der Waals surface area contributed by atoms with Gasteiger partial charge < -0.3 is 18.9 Å². The number of allylic oxidation sites excluding steroid dienone is 1. The lowest BCUT2D eigenvalue weighted by Gasteiger charge is -2.35. The minimum atomic E-state index is -0.584. The van der Waals surface area contributed by atoms with Crippen LogP contribution in [0.2, 0.25) is 0 Å². The summed E-state index contributed by atoms with van der Waals surface area (Å²) in [5.41, 5.74) is 9.22. The van der Waals surface area contributed by atoms with Crippen molar-refractivity contribution in [3.05, 3.63) is 180 Å². The molecule has 0 radical (unpaired) electrons. The first-order valence-electron chi connectivity index (χ1n) is 17.8. The Kier molecular flexibility index (Phi) is 9.11. The zero-order valence-corrected chi connectivity index (χ0v) is 29.3. The molecule has 0 amide bonds. The van der Waals surface area contributed by atoms with Crippen LogP contribution in [0.4, 0.5) is 0 Å². The van der Waals surface area contributed by atoms with Crippen LogP contribution in [0, 0.1) is 0 Å². The molecule has 0 spiro atoms. The first kappa shape index (κ1) is 33.7. The molecule has 6 heteroatoms. The van der Waals surface area contributed by atoms with E-state index in [0.717, 1.165) is 47.1 Å². The summed E-state index contributed by atoms with van der Waals surface area (Å²) in [4.78, 5) is 22.9. The van der Waals surface area contributed by atoms with Gasteiger partial charge in [0.15, 0.2) is 0 Å². The predicted molar refractivity (Wildman–Crippen MR) is 209 cm³/mol. The molecular weight excluding hydrogens is 661 g/mol. The number of aryl methyl sites for hydroxylation is 1. The molecule has 0 bridgehead atoms. The summed E-state index contributed by atoms with van der Waals surface area (Å²) in [5.74, 6) is 0.674. The van der Waals surface area contributed by atoms with Crippen molar-refractivity contribution in [2.24, 2.45) is 0 Å². The Bertz CT molecular complexity index is 2460.